The van der Waals surface area contributed by atoms with Crippen LogP contribution in [-0.4, -0.2) is 6.10 Å². The van der Waals surface area contributed by atoms with Gasteiger partial charge in [-0.15, -0.1) is 0 Å². The van der Waals surface area contributed by atoms with Gasteiger partial charge in [-0.1, -0.05) is 35.9 Å². The minimum absolute atomic E-state index is 0.205. The molecule has 0 bridgehead atoms. The van der Waals surface area contributed by atoms with Crippen LogP contribution in [-0.2, 0) is 0 Å². The molecule has 0 amide bonds. The van der Waals surface area contributed by atoms with Crippen LogP contribution in [0.2, 0.25) is 5.02 Å². The number of hydrogen-bond acceptors (Lipinski definition) is 1. The lowest BCUT2D eigenvalue weighted by molar-refractivity contribution is 0.242. The lowest BCUT2D eigenvalue weighted by atomic mass is 10.1. The fourth-order valence-electron chi connectivity index (χ4n) is 1.64. The second-order valence-electron chi connectivity index (χ2n) is 4.20. The molecule has 0 aromatic heterocycles. The fraction of sp³-hybridized carbons (Fsp3) is 0.200. The maximum atomic E-state index is 5.86. The SMILES string of the molecule is CC(C)Oc1ccc(-c2ccc(Cl)cc2)cc1. The van der Waals surface area contributed by atoms with E-state index in [2.05, 4.69) is 12.1 Å². The van der Waals surface area contributed by atoms with E-state index in [0.717, 1.165) is 21.9 Å². The Labute approximate surface area is 107 Å². The molecule has 0 spiro atoms. The summed E-state index contributed by atoms with van der Waals surface area (Å²) in [4.78, 5) is 0. The summed E-state index contributed by atoms with van der Waals surface area (Å²) in [6.45, 7) is 4.04. The molecule has 0 aliphatic rings. The number of hydrogen-bond donors (Lipinski definition) is 0. The van der Waals surface area contributed by atoms with Crippen molar-refractivity contribution in [3.05, 3.63) is 53.6 Å². The highest BCUT2D eigenvalue weighted by Gasteiger charge is 2.00. The van der Waals surface area contributed by atoms with Crippen molar-refractivity contribution in [3.63, 3.8) is 0 Å². The third-order valence-corrected chi connectivity index (χ3v) is 2.66. The van der Waals surface area contributed by atoms with Gasteiger partial charge in [0.25, 0.3) is 0 Å². The van der Waals surface area contributed by atoms with Gasteiger partial charge in [-0.3, -0.25) is 0 Å². The molecule has 0 aliphatic carbocycles. The lowest BCUT2D eigenvalue weighted by Gasteiger charge is -2.10. The van der Waals surface area contributed by atoms with Crippen LogP contribution in [0.1, 0.15) is 13.8 Å². The van der Waals surface area contributed by atoms with E-state index in [-0.39, 0.29) is 6.10 Å². The molecule has 0 atom stereocenters. The van der Waals surface area contributed by atoms with Crippen LogP contribution in [0, 0.1) is 0 Å². The zero-order valence-corrected chi connectivity index (χ0v) is 10.7. The molecule has 0 fully saturated rings. The Bertz CT molecular complexity index is 471. The molecule has 0 heterocycles. The highest BCUT2D eigenvalue weighted by molar-refractivity contribution is 6.30. The second-order valence-corrected chi connectivity index (χ2v) is 4.63. The fourth-order valence-corrected chi connectivity index (χ4v) is 1.77. The van der Waals surface area contributed by atoms with Crippen molar-refractivity contribution in [3.8, 4) is 16.9 Å². The zero-order valence-electron chi connectivity index (χ0n) is 9.98. The molecule has 0 radical (unpaired) electrons. The van der Waals surface area contributed by atoms with Gasteiger partial charge in [-0.05, 0) is 49.2 Å². The molecule has 0 saturated heterocycles. The monoisotopic (exact) mass is 246 g/mol. The van der Waals surface area contributed by atoms with Gasteiger partial charge in [0.15, 0.2) is 0 Å². The summed E-state index contributed by atoms with van der Waals surface area (Å²) in [6, 6.07) is 15.9. The minimum atomic E-state index is 0.205. The van der Waals surface area contributed by atoms with Crippen molar-refractivity contribution in [2.45, 2.75) is 20.0 Å². The Balaban J connectivity index is 2.20. The van der Waals surface area contributed by atoms with E-state index >= 15 is 0 Å². The summed E-state index contributed by atoms with van der Waals surface area (Å²) in [5, 5.41) is 0.758. The van der Waals surface area contributed by atoms with Crippen LogP contribution in [0.15, 0.2) is 48.5 Å². The van der Waals surface area contributed by atoms with Gasteiger partial charge in [0.2, 0.25) is 0 Å². The average molecular weight is 247 g/mol. The summed E-state index contributed by atoms with van der Waals surface area (Å²) in [5.41, 5.74) is 2.32. The molecule has 2 aromatic carbocycles. The first kappa shape index (κ1) is 12.0. The maximum absolute atomic E-state index is 5.86. The molecular weight excluding hydrogens is 232 g/mol. The predicted octanol–water partition coefficient (Wildman–Crippen LogP) is 4.79. The zero-order chi connectivity index (χ0) is 12.3. The van der Waals surface area contributed by atoms with Crippen molar-refractivity contribution >= 4 is 11.6 Å². The lowest BCUT2D eigenvalue weighted by Crippen LogP contribution is -2.05. The van der Waals surface area contributed by atoms with Gasteiger partial charge in [-0.2, -0.15) is 0 Å². The van der Waals surface area contributed by atoms with Crippen LogP contribution in [0.5, 0.6) is 5.75 Å². The van der Waals surface area contributed by atoms with E-state index in [1.165, 1.54) is 0 Å². The van der Waals surface area contributed by atoms with Crippen LogP contribution >= 0.6 is 11.6 Å². The van der Waals surface area contributed by atoms with E-state index < -0.39 is 0 Å². The molecule has 2 heteroatoms. The number of benzene rings is 2. The first-order chi connectivity index (χ1) is 8.15. The summed E-state index contributed by atoms with van der Waals surface area (Å²) >= 11 is 5.86. The Morgan fingerprint density at radius 2 is 1.29 bits per heavy atom. The number of rotatable bonds is 3. The van der Waals surface area contributed by atoms with Crippen molar-refractivity contribution < 1.29 is 4.74 Å². The Morgan fingerprint density at radius 3 is 1.76 bits per heavy atom. The molecule has 0 unspecified atom stereocenters. The van der Waals surface area contributed by atoms with Gasteiger partial charge in [-0.25, -0.2) is 0 Å². The highest BCUT2D eigenvalue weighted by atomic mass is 35.5. The summed E-state index contributed by atoms with van der Waals surface area (Å²) in [5.74, 6) is 0.901. The van der Waals surface area contributed by atoms with E-state index in [4.69, 9.17) is 16.3 Å². The molecule has 17 heavy (non-hydrogen) atoms. The second kappa shape index (κ2) is 5.24. The van der Waals surface area contributed by atoms with E-state index in [1.807, 2.05) is 50.2 Å². The van der Waals surface area contributed by atoms with Gasteiger partial charge in [0, 0.05) is 5.02 Å². The van der Waals surface area contributed by atoms with Gasteiger partial charge in [0.1, 0.15) is 5.75 Å². The minimum Gasteiger partial charge on any atom is -0.491 e. The van der Waals surface area contributed by atoms with Gasteiger partial charge in [0.05, 0.1) is 6.10 Å². The van der Waals surface area contributed by atoms with Crippen LogP contribution in [0.3, 0.4) is 0 Å². The Kier molecular flexibility index (Phi) is 3.70. The largest absolute Gasteiger partial charge is 0.491 e. The molecular formula is C15H15ClO. The quantitative estimate of drug-likeness (QED) is 0.756. The van der Waals surface area contributed by atoms with Gasteiger partial charge >= 0.3 is 0 Å². The molecule has 0 N–H and O–H groups in total. The maximum Gasteiger partial charge on any atom is 0.119 e. The van der Waals surface area contributed by atoms with E-state index in [1.54, 1.807) is 0 Å². The number of halogens is 1. The molecule has 88 valence electrons. The Hall–Kier alpha value is -1.47. The topological polar surface area (TPSA) is 9.23 Å². The summed E-state index contributed by atoms with van der Waals surface area (Å²) in [6.07, 6.45) is 0.205. The van der Waals surface area contributed by atoms with Crippen molar-refractivity contribution in [2.24, 2.45) is 0 Å². The number of ether oxygens (including phenoxy) is 1. The molecule has 1 nitrogen and oxygen atoms in total. The smallest absolute Gasteiger partial charge is 0.119 e. The molecule has 2 aromatic rings. The van der Waals surface area contributed by atoms with E-state index in [0.29, 0.717) is 0 Å². The van der Waals surface area contributed by atoms with Crippen molar-refractivity contribution in [2.75, 3.05) is 0 Å². The third-order valence-electron chi connectivity index (χ3n) is 2.40. The summed E-state index contributed by atoms with van der Waals surface area (Å²) < 4.78 is 5.60. The first-order valence-electron chi connectivity index (χ1n) is 5.68. The Morgan fingerprint density at radius 1 is 0.824 bits per heavy atom. The predicted molar refractivity (Wildman–Crippen MR) is 72.7 cm³/mol. The average Bonchev–Trinajstić information content (AvgIpc) is 2.30. The molecule has 2 rings (SSSR count). The van der Waals surface area contributed by atoms with Gasteiger partial charge < -0.3 is 4.74 Å². The standard InChI is InChI=1S/C15H15ClO/c1-11(2)17-15-9-5-13(6-10-15)12-3-7-14(16)8-4-12/h3-11H,1-2H3. The first-order valence-corrected chi connectivity index (χ1v) is 6.05. The van der Waals surface area contributed by atoms with E-state index in [9.17, 15) is 0 Å². The van der Waals surface area contributed by atoms with Crippen LogP contribution in [0.4, 0.5) is 0 Å². The van der Waals surface area contributed by atoms with Crippen LogP contribution < -0.4 is 4.74 Å². The van der Waals surface area contributed by atoms with Crippen molar-refractivity contribution in [1.29, 1.82) is 0 Å². The van der Waals surface area contributed by atoms with Crippen molar-refractivity contribution in [1.82, 2.24) is 0 Å². The normalized spacial score (nSPS) is 10.6. The molecule has 0 saturated carbocycles. The summed E-state index contributed by atoms with van der Waals surface area (Å²) in [7, 11) is 0. The highest BCUT2D eigenvalue weighted by Crippen LogP contribution is 2.24. The third kappa shape index (κ3) is 3.24. The molecule has 0 aliphatic heterocycles. The van der Waals surface area contributed by atoms with Crippen LogP contribution in [0.25, 0.3) is 11.1 Å².